The fourth-order valence-electron chi connectivity index (χ4n) is 2.53. The van der Waals surface area contributed by atoms with Crippen LogP contribution in [-0.4, -0.2) is 10.9 Å². The number of nitrogen functional groups attached to an aromatic ring is 1. The highest BCUT2D eigenvalue weighted by Gasteiger charge is 2.12. The van der Waals surface area contributed by atoms with Crippen LogP contribution in [-0.2, 0) is 0 Å². The number of hydrogen-bond acceptors (Lipinski definition) is 4. The van der Waals surface area contributed by atoms with Gasteiger partial charge in [-0.2, -0.15) is 0 Å². The van der Waals surface area contributed by atoms with Gasteiger partial charge in [-0.3, -0.25) is 9.78 Å². The number of benzene rings is 2. The first kappa shape index (κ1) is 18.7. The summed E-state index contributed by atoms with van der Waals surface area (Å²) in [7, 11) is 0. The summed E-state index contributed by atoms with van der Waals surface area (Å²) < 4.78 is 13.7. The maximum Gasteiger partial charge on any atom is 0.258 e. The summed E-state index contributed by atoms with van der Waals surface area (Å²) >= 11 is 1.55. The van der Waals surface area contributed by atoms with E-state index in [2.05, 4.69) is 16.9 Å². The molecule has 0 bridgehead atoms. The summed E-state index contributed by atoms with van der Waals surface area (Å²) in [5.74, 6) is -1.18. The van der Waals surface area contributed by atoms with Gasteiger partial charge in [0.1, 0.15) is 0 Å². The molecule has 0 atom stereocenters. The zero-order valence-corrected chi connectivity index (χ0v) is 15.5. The second kappa shape index (κ2) is 8.05. The summed E-state index contributed by atoms with van der Waals surface area (Å²) in [6, 6.07) is 12.6. The Morgan fingerprint density at radius 2 is 2.11 bits per heavy atom. The highest BCUT2D eigenvalue weighted by atomic mass is 32.2. The van der Waals surface area contributed by atoms with E-state index in [1.165, 1.54) is 12.3 Å². The fraction of sp³-hybridized carbons (Fsp3) is 0.0476. The number of aryl methyl sites for hydroxylation is 1. The van der Waals surface area contributed by atoms with Crippen LogP contribution in [0.4, 0.5) is 15.8 Å². The van der Waals surface area contributed by atoms with Crippen molar-refractivity contribution in [3.05, 3.63) is 83.9 Å². The minimum Gasteiger partial charge on any atom is -0.398 e. The molecule has 1 heterocycles. The number of hydrogen-bond donors (Lipinski definition) is 2. The van der Waals surface area contributed by atoms with E-state index in [-0.39, 0.29) is 5.56 Å². The van der Waals surface area contributed by atoms with Gasteiger partial charge in [-0.05, 0) is 54.4 Å². The van der Waals surface area contributed by atoms with Crippen molar-refractivity contribution in [1.29, 1.82) is 0 Å². The molecule has 4 nitrogen and oxygen atoms in total. The summed E-state index contributed by atoms with van der Waals surface area (Å²) in [5.41, 5.74) is 9.13. The average molecular weight is 379 g/mol. The maximum absolute atomic E-state index is 13.7. The van der Waals surface area contributed by atoms with Crippen molar-refractivity contribution < 1.29 is 9.18 Å². The number of anilines is 2. The van der Waals surface area contributed by atoms with Gasteiger partial charge in [0.05, 0.1) is 11.8 Å². The molecule has 0 radical (unpaired) electrons. The Balaban J connectivity index is 1.81. The highest BCUT2D eigenvalue weighted by Crippen LogP contribution is 2.34. The van der Waals surface area contributed by atoms with Gasteiger partial charge in [0.25, 0.3) is 5.91 Å². The van der Waals surface area contributed by atoms with E-state index in [4.69, 9.17) is 5.73 Å². The second-order valence-corrected chi connectivity index (χ2v) is 7.01. The van der Waals surface area contributed by atoms with E-state index in [9.17, 15) is 9.18 Å². The average Bonchev–Trinajstić information content (AvgIpc) is 2.64. The fourth-order valence-corrected chi connectivity index (χ4v) is 3.53. The molecule has 3 aromatic rings. The van der Waals surface area contributed by atoms with E-state index in [0.717, 1.165) is 27.1 Å². The van der Waals surface area contributed by atoms with Crippen LogP contribution in [0, 0.1) is 12.7 Å². The summed E-state index contributed by atoms with van der Waals surface area (Å²) in [4.78, 5) is 17.9. The summed E-state index contributed by atoms with van der Waals surface area (Å²) in [5, 5.41) is 2.72. The van der Waals surface area contributed by atoms with E-state index < -0.39 is 11.7 Å². The predicted octanol–water partition coefficient (Wildman–Crippen LogP) is 5.16. The molecule has 6 heteroatoms. The Kier molecular flexibility index (Phi) is 5.57. The van der Waals surface area contributed by atoms with E-state index in [1.54, 1.807) is 23.9 Å². The van der Waals surface area contributed by atoms with Gasteiger partial charge in [-0.15, -0.1) is 0 Å². The number of halogens is 1. The van der Waals surface area contributed by atoms with Gasteiger partial charge >= 0.3 is 0 Å². The number of nitrogens with zero attached hydrogens (tertiary/aromatic N) is 1. The van der Waals surface area contributed by atoms with Crippen LogP contribution < -0.4 is 11.1 Å². The molecular weight excluding hydrogens is 361 g/mol. The first-order valence-electron chi connectivity index (χ1n) is 8.19. The quantitative estimate of drug-likeness (QED) is 0.601. The zero-order valence-electron chi connectivity index (χ0n) is 14.7. The summed E-state index contributed by atoms with van der Waals surface area (Å²) in [6.45, 7) is 5.77. The van der Waals surface area contributed by atoms with Crippen LogP contribution in [0.5, 0.6) is 0 Å². The number of carbonyl (C=O) groups excluding carboxylic acids is 1. The van der Waals surface area contributed by atoms with Crippen LogP contribution in [0.3, 0.4) is 0 Å². The lowest BCUT2D eigenvalue weighted by Crippen LogP contribution is -2.13. The van der Waals surface area contributed by atoms with Gasteiger partial charge in [0.2, 0.25) is 0 Å². The van der Waals surface area contributed by atoms with Crippen LogP contribution in [0.2, 0.25) is 0 Å². The maximum atomic E-state index is 13.7. The first-order valence-corrected chi connectivity index (χ1v) is 9.01. The number of nitrogens with two attached hydrogens (primary N) is 1. The van der Waals surface area contributed by atoms with Crippen molar-refractivity contribution in [3.63, 3.8) is 0 Å². The van der Waals surface area contributed by atoms with Crippen molar-refractivity contribution in [3.8, 4) is 0 Å². The standard InChI is InChI=1S/C21H18FN3OS/c1-3-14-10-20(13(2)9-19(14)23)27-16-6-4-5-15(11-16)25-21(26)17-7-8-24-12-18(17)22/h3-12H,1,23H2,2H3,(H,25,26). The molecule has 0 saturated carbocycles. The van der Waals surface area contributed by atoms with Crippen LogP contribution >= 0.6 is 11.8 Å². The molecule has 3 rings (SSSR count). The molecule has 0 unspecified atom stereocenters. The van der Waals surface area contributed by atoms with Crippen molar-refractivity contribution >= 4 is 35.1 Å². The number of amides is 1. The van der Waals surface area contributed by atoms with Crippen LogP contribution in [0.1, 0.15) is 21.5 Å². The largest absolute Gasteiger partial charge is 0.398 e. The highest BCUT2D eigenvalue weighted by molar-refractivity contribution is 7.99. The Bertz CT molecular complexity index is 1020. The molecule has 3 N–H and O–H groups in total. The minimum absolute atomic E-state index is 0.0481. The van der Waals surface area contributed by atoms with E-state index >= 15 is 0 Å². The van der Waals surface area contributed by atoms with Gasteiger partial charge in [0, 0.05) is 27.4 Å². The molecule has 0 saturated heterocycles. The molecule has 136 valence electrons. The molecule has 0 aliphatic carbocycles. The van der Waals surface area contributed by atoms with Crippen molar-refractivity contribution in [2.24, 2.45) is 0 Å². The van der Waals surface area contributed by atoms with Crippen molar-refractivity contribution in [2.45, 2.75) is 16.7 Å². The van der Waals surface area contributed by atoms with Crippen molar-refractivity contribution in [2.75, 3.05) is 11.1 Å². The molecule has 27 heavy (non-hydrogen) atoms. The number of pyridine rings is 1. The third-order valence-electron chi connectivity index (χ3n) is 3.94. The topological polar surface area (TPSA) is 68.0 Å². The smallest absolute Gasteiger partial charge is 0.258 e. The Hall–Kier alpha value is -3.12. The SMILES string of the molecule is C=Cc1cc(Sc2cccc(NC(=O)c3ccncc3F)c2)c(C)cc1N. The van der Waals surface area contributed by atoms with E-state index in [1.807, 2.05) is 37.3 Å². The van der Waals surface area contributed by atoms with Gasteiger partial charge in [0.15, 0.2) is 5.82 Å². The summed E-state index contributed by atoms with van der Waals surface area (Å²) in [6.07, 6.45) is 4.12. The normalized spacial score (nSPS) is 10.4. The number of nitrogens with one attached hydrogen (secondary N) is 1. The Morgan fingerprint density at radius 3 is 2.85 bits per heavy atom. The number of carbonyl (C=O) groups is 1. The van der Waals surface area contributed by atoms with Crippen LogP contribution in [0.15, 0.2) is 71.2 Å². The van der Waals surface area contributed by atoms with Crippen LogP contribution in [0.25, 0.3) is 6.08 Å². The zero-order chi connectivity index (χ0) is 19.4. The molecule has 1 amide bonds. The Labute approximate surface area is 161 Å². The lowest BCUT2D eigenvalue weighted by molar-refractivity contribution is 0.102. The second-order valence-electron chi connectivity index (χ2n) is 5.89. The molecule has 0 aliphatic heterocycles. The van der Waals surface area contributed by atoms with Gasteiger partial charge in [-0.25, -0.2) is 4.39 Å². The van der Waals surface area contributed by atoms with Gasteiger partial charge < -0.3 is 11.1 Å². The van der Waals surface area contributed by atoms with Crippen molar-refractivity contribution in [1.82, 2.24) is 4.98 Å². The molecule has 0 fully saturated rings. The monoisotopic (exact) mass is 379 g/mol. The Morgan fingerprint density at radius 1 is 1.30 bits per heavy atom. The molecule has 0 spiro atoms. The lowest BCUT2D eigenvalue weighted by atomic mass is 10.1. The molecule has 0 aliphatic rings. The first-order chi connectivity index (χ1) is 13.0. The molecule has 1 aromatic heterocycles. The van der Waals surface area contributed by atoms with Gasteiger partial charge in [-0.1, -0.05) is 30.5 Å². The molecule has 2 aromatic carbocycles. The predicted molar refractivity (Wildman–Crippen MR) is 108 cm³/mol. The number of aromatic nitrogens is 1. The minimum atomic E-state index is -0.657. The molecular formula is C21H18FN3OS. The third-order valence-corrected chi connectivity index (χ3v) is 5.09. The van der Waals surface area contributed by atoms with E-state index in [0.29, 0.717) is 11.4 Å². The third kappa shape index (κ3) is 4.35. The number of rotatable bonds is 5. The lowest BCUT2D eigenvalue weighted by Gasteiger charge is -2.11.